The van der Waals surface area contributed by atoms with Crippen molar-refractivity contribution in [3.05, 3.63) is 23.1 Å². The Hall–Kier alpha value is -1.40. The van der Waals surface area contributed by atoms with Gasteiger partial charge in [0.25, 0.3) is 5.91 Å². The highest BCUT2D eigenvalue weighted by Crippen LogP contribution is 2.36. The lowest BCUT2D eigenvalue weighted by atomic mass is 10.2. The SMILES string of the molecule is COc1ccc2c(N)c(C(=O)N(C)C(C)CSC)sc2c1. The summed E-state index contributed by atoms with van der Waals surface area (Å²) in [4.78, 5) is 15.0. The number of ether oxygens (including phenoxy) is 1. The maximum absolute atomic E-state index is 12.6. The van der Waals surface area contributed by atoms with Crippen molar-refractivity contribution in [1.82, 2.24) is 4.90 Å². The van der Waals surface area contributed by atoms with Gasteiger partial charge in [-0.3, -0.25) is 4.79 Å². The van der Waals surface area contributed by atoms with Crippen LogP contribution in [0.2, 0.25) is 0 Å². The lowest BCUT2D eigenvalue weighted by Gasteiger charge is -2.23. The second-order valence-corrected chi connectivity index (χ2v) is 6.89. The van der Waals surface area contributed by atoms with E-state index in [1.165, 1.54) is 11.3 Å². The summed E-state index contributed by atoms with van der Waals surface area (Å²) in [6.45, 7) is 2.04. The number of thioether (sulfide) groups is 1. The van der Waals surface area contributed by atoms with Crippen LogP contribution in [-0.2, 0) is 0 Å². The molecule has 0 fully saturated rings. The van der Waals surface area contributed by atoms with Crippen molar-refractivity contribution in [3.63, 3.8) is 0 Å². The van der Waals surface area contributed by atoms with Crippen molar-refractivity contribution >= 4 is 44.8 Å². The number of amides is 1. The van der Waals surface area contributed by atoms with Crippen LogP contribution in [0, 0.1) is 0 Å². The Kier molecular flexibility index (Phi) is 5.00. The number of nitrogens with zero attached hydrogens (tertiary/aromatic N) is 1. The van der Waals surface area contributed by atoms with Crippen molar-refractivity contribution in [2.45, 2.75) is 13.0 Å². The first kappa shape index (κ1) is 16.0. The van der Waals surface area contributed by atoms with E-state index in [0.29, 0.717) is 10.6 Å². The monoisotopic (exact) mass is 324 g/mol. The molecule has 1 aromatic heterocycles. The smallest absolute Gasteiger partial charge is 0.266 e. The summed E-state index contributed by atoms with van der Waals surface area (Å²) < 4.78 is 6.19. The van der Waals surface area contributed by atoms with Gasteiger partial charge in [-0.2, -0.15) is 11.8 Å². The summed E-state index contributed by atoms with van der Waals surface area (Å²) in [5.41, 5.74) is 6.72. The third-order valence-electron chi connectivity index (χ3n) is 3.52. The van der Waals surface area contributed by atoms with E-state index in [4.69, 9.17) is 10.5 Å². The Labute approximate surface area is 133 Å². The molecule has 0 saturated carbocycles. The quantitative estimate of drug-likeness (QED) is 0.917. The first-order valence-electron chi connectivity index (χ1n) is 6.61. The molecule has 0 spiro atoms. The number of thiophene rings is 1. The van der Waals surface area contributed by atoms with Crippen LogP contribution in [0.4, 0.5) is 5.69 Å². The predicted molar refractivity (Wildman–Crippen MR) is 92.7 cm³/mol. The molecule has 21 heavy (non-hydrogen) atoms. The van der Waals surface area contributed by atoms with Gasteiger partial charge in [0, 0.05) is 28.9 Å². The van der Waals surface area contributed by atoms with Crippen LogP contribution < -0.4 is 10.5 Å². The summed E-state index contributed by atoms with van der Waals surface area (Å²) in [7, 11) is 3.45. The maximum atomic E-state index is 12.6. The molecule has 1 unspecified atom stereocenters. The summed E-state index contributed by atoms with van der Waals surface area (Å²) in [5, 5.41) is 0.912. The van der Waals surface area contributed by atoms with Gasteiger partial charge in [0.2, 0.25) is 0 Å². The Bertz CT molecular complexity index is 654. The first-order valence-corrected chi connectivity index (χ1v) is 8.82. The summed E-state index contributed by atoms with van der Waals surface area (Å²) in [5.74, 6) is 1.65. The van der Waals surface area contributed by atoms with Crippen molar-refractivity contribution in [3.8, 4) is 5.75 Å². The molecule has 1 atom stereocenters. The Morgan fingerprint density at radius 1 is 1.52 bits per heavy atom. The fraction of sp³-hybridized carbons (Fsp3) is 0.400. The number of rotatable bonds is 5. The molecular formula is C15H20N2O2S2. The van der Waals surface area contributed by atoms with Crippen LogP contribution in [0.15, 0.2) is 18.2 Å². The average molecular weight is 324 g/mol. The molecule has 1 heterocycles. The van der Waals surface area contributed by atoms with E-state index in [9.17, 15) is 4.79 Å². The van der Waals surface area contributed by atoms with Gasteiger partial charge in [-0.1, -0.05) is 0 Å². The molecule has 0 aliphatic heterocycles. The van der Waals surface area contributed by atoms with E-state index in [1.54, 1.807) is 23.8 Å². The number of anilines is 1. The molecule has 6 heteroatoms. The largest absolute Gasteiger partial charge is 0.497 e. The van der Waals surface area contributed by atoms with Crippen molar-refractivity contribution in [2.75, 3.05) is 31.9 Å². The average Bonchev–Trinajstić information content (AvgIpc) is 2.82. The van der Waals surface area contributed by atoms with Gasteiger partial charge >= 0.3 is 0 Å². The molecule has 0 aliphatic rings. The van der Waals surface area contributed by atoms with Gasteiger partial charge in [0.05, 0.1) is 12.8 Å². The molecule has 114 valence electrons. The minimum absolute atomic E-state index is 0.0192. The molecule has 0 bridgehead atoms. The van der Waals surface area contributed by atoms with Crippen molar-refractivity contribution in [2.24, 2.45) is 0 Å². The highest BCUT2D eigenvalue weighted by atomic mass is 32.2. The molecule has 0 aliphatic carbocycles. The number of hydrogen-bond acceptors (Lipinski definition) is 5. The van der Waals surface area contributed by atoms with Crippen molar-refractivity contribution in [1.29, 1.82) is 0 Å². The van der Waals surface area contributed by atoms with E-state index in [-0.39, 0.29) is 11.9 Å². The zero-order valence-corrected chi connectivity index (χ0v) is 14.3. The molecule has 2 N–H and O–H groups in total. The highest BCUT2D eigenvalue weighted by molar-refractivity contribution is 7.98. The fourth-order valence-electron chi connectivity index (χ4n) is 2.10. The third-order valence-corrected chi connectivity index (χ3v) is 5.49. The number of fused-ring (bicyclic) bond motifs is 1. The van der Waals surface area contributed by atoms with Crippen LogP contribution in [0.1, 0.15) is 16.6 Å². The number of benzene rings is 1. The first-order chi connectivity index (χ1) is 9.99. The fourth-order valence-corrected chi connectivity index (χ4v) is 3.94. The zero-order chi connectivity index (χ0) is 15.6. The van der Waals surface area contributed by atoms with Crippen LogP contribution in [0.25, 0.3) is 10.1 Å². The van der Waals surface area contributed by atoms with Crippen LogP contribution in [-0.4, -0.2) is 43.0 Å². The molecule has 1 amide bonds. The predicted octanol–water partition coefficient (Wildman–Crippen LogP) is 3.32. The highest BCUT2D eigenvalue weighted by Gasteiger charge is 2.22. The zero-order valence-electron chi connectivity index (χ0n) is 12.7. The maximum Gasteiger partial charge on any atom is 0.266 e. The molecule has 0 radical (unpaired) electrons. The van der Waals surface area contributed by atoms with E-state index in [2.05, 4.69) is 0 Å². The topological polar surface area (TPSA) is 55.6 Å². The van der Waals surface area contributed by atoms with Crippen LogP contribution in [0.5, 0.6) is 5.75 Å². The standard InChI is InChI=1S/C15H20N2O2S2/c1-9(8-20-4)17(2)15(18)14-13(16)11-6-5-10(19-3)7-12(11)21-14/h5-7,9H,8,16H2,1-4H3. The normalized spacial score (nSPS) is 12.4. The molecule has 4 nitrogen and oxygen atoms in total. The molecule has 2 rings (SSSR count). The molecule has 0 saturated heterocycles. The number of carbonyl (C=O) groups excluding carboxylic acids is 1. The van der Waals surface area contributed by atoms with Gasteiger partial charge < -0.3 is 15.4 Å². The molecule has 2 aromatic rings. The second-order valence-electron chi connectivity index (χ2n) is 4.93. The van der Waals surface area contributed by atoms with Crippen LogP contribution >= 0.6 is 23.1 Å². The lowest BCUT2D eigenvalue weighted by molar-refractivity contribution is 0.0763. The Morgan fingerprint density at radius 2 is 2.24 bits per heavy atom. The summed E-state index contributed by atoms with van der Waals surface area (Å²) in [6.07, 6.45) is 2.04. The number of hydrogen-bond donors (Lipinski definition) is 1. The third kappa shape index (κ3) is 3.11. The van der Waals surface area contributed by atoms with Gasteiger partial charge in [-0.15, -0.1) is 11.3 Å². The number of nitrogens with two attached hydrogens (primary N) is 1. The minimum Gasteiger partial charge on any atom is -0.497 e. The summed E-state index contributed by atoms with van der Waals surface area (Å²) >= 11 is 3.15. The molecular weight excluding hydrogens is 304 g/mol. The van der Waals surface area contributed by atoms with E-state index < -0.39 is 0 Å². The Balaban J connectivity index is 2.37. The second kappa shape index (κ2) is 6.58. The lowest BCUT2D eigenvalue weighted by Crippen LogP contribution is -2.36. The van der Waals surface area contributed by atoms with Gasteiger partial charge in [-0.25, -0.2) is 0 Å². The Morgan fingerprint density at radius 3 is 2.86 bits per heavy atom. The number of carbonyl (C=O) groups is 1. The summed E-state index contributed by atoms with van der Waals surface area (Å²) in [6, 6.07) is 5.85. The van der Waals surface area contributed by atoms with E-state index >= 15 is 0 Å². The van der Waals surface area contributed by atoms with Crippen molar-refractivity contribution < 1.29 is 9.53 Å². The minimum atomic E-state index is -0.0192. The number of methoxy groups -OCH3 is 1. The van der Waals surface area contributed by atoms with E-state index in [1.807, 2.05) is 38.4 Å². The van der Waals surface area contributed by atoms with Gasteiger partial charge in [0.1, 0.15) is 10.6 Å². The van der Waals surface area contributed by atoms with Crippen LogP contribution in [0.3, 0.4) is 0 Å². The number of nitrogen functional groups attached to an aromatic ring is 1. The van der Waals surface area contributed by atoms with E-state index in [0.717, 1.165) is 21.6 Å². The molecule has 1 aromatic carbocycles. The van der Waals surface area contributed by atoms with Gasteiger partial charge in [0.15, 0.2) is 0 Å². The van der Waals surface area contributed by atoms with Gasteiger partial charge in [-0.05, 0) is 31.4 Å².